The van der Waals surface area contributed by atoms with Crippen molar-refractivity contribution in [1.82, 2.24) is 13.5 Å². The topological polar surface area (TPSA) is 87.9 Å². The summed E-state index contributed by atoms with van der Waals surface area (Å²) in [5, 5.41) is 11.3. The molecule has 23 heavy (non-hydrogen) atoms. The van der Waals surface area contributed by atoms with E-state index in [1.165, 1.54) is 27.1 Å². The number of hydrogen-bond acceptors (Lipinski definition) is 4. The summed E-state index contributed by atoms with van der Waals surface area (Å²) < 4.78 is 28.5. The summed E-state index contributed by atoms with van der Waals surface area (Å²) >= 11 is 0. The Morgan fingerprint density at radius 3 is 2.26 bits per heavy atom. The molecule has 9 heteroatoms. The highest BCUT2D eigenvalue weighted by atomic mass is 32.2. The molecule has 0 N–H and O–H groups in total. The molecular formula is C14H20N4O4S. The van der Waals surface area contributed by atoms with E-state index in [2.05, 4.69) is 0 Å². The summed E-state index contributed by atoms with van der Waals surface area (Å²) in [5.74, 6) is -0.242. The monoisotopic (exact) mass is 340 g/mol. The van der Waals surface area contributed by atoms with Gasteiger partial charge in [-0.3, -0.25) is 4.79 Å². The van der Waals surface area contributed by atoms with Gasteiger partial charge in [0.25, 0.3) is 16.1 Å². The Bertz CT molecular complexity index is 680. The first kappa shape index (κ1) is 16.2. The Morgan fingerprint density at radius 2 is 1.65 bits per heavy atom. The number of pyridine rings is 1. The Hall–Kier alpha value is -1.71. The van der Waals surface area contributed by atoms with Gasteiger partial charge in [0.05, 0.1) is 0 Å². The molecular weight excluding hydrogens is 320 g/mol. The molecule has 126 valence electrons. The first-order valence-corrected chi connectivity index (χ1v) is 9.11. The SMILES string of the molecule is O=C(c1ccc[n+]([O-])c1)N1CCN(S(=O)(=O)N2CCCC2)CC1. The Kier molecular flexibility index (Phi) is 4.51. The minimum Gasteiger partial charge on any atom is -0.619 e. The fourth-order valence-electron chi connectivity index (χ4n) is 2.97. The van der Waals surface area contributed by atoms with Gasteiger partial charge in [0.15, 0.2) is 12.4 Å². The van der Waals surface area contributed by atoms with E-state index in [0.717, 1.165) is 12.8 Å². The standard InChI is InChI=1S/C14H20N4O4S/c19-14(13-4-3-5-16(20)12-13)15-8-10-18(11-9-15)23(21,22)17-6-1-2-7-17/h3-5,12H,1-2,6-11H2. The fourth-order valence-corrected chi connectivity index (χ4v) is 4.64. The molecule has 0 bridgehead atoms. The molecule has 2 fully saturated rings. The van der Waals surface area contributed by atoms with Gasteiger partial charge in [-0.1, -0.05) is 0 Å². The summed E-state index contributed by atoms with van der Waals surface area (Å²) in [6.07, 6.45) is 4.36. The Balaban J connectivity index is 1.63. The quantitative estimate of drug-likeness (QED) is 0.544. The molecule has 3 heterocycles. The second kappa shape index (κ2) is 6.42. The molecule has 0 spiro atoms. The second-order valence-corrected chi connectivity index (χ2v) is 7.69. The molecule has 8 nitrogen and oxygen atoms in total. The molecule has 2 aliphatic rings. The number of nitrogens with zero attached hydrogens (tertiary/aromatic N) is 4. The highest BCUT2D eigenvalue weighted by Crippen LogP contribution is 2.18. The molecule has 3 rings (SSSR count). The zero-order chi connectivity index (χ0) is 16.4. The zero-order valence-electron chi connectivity index (χ0n) is 12.8. The van der Waals surface area contributed by atoms with Gasteiger partial charge < -0.3 is 10.1 Å². The molecule has 0 unspecified atom stereocenters. The van der Waals surface area contributed by atoms with Crippen LogP contribution in [0.15, 0.2) is 24.5 Å². The first-order valence-electron chi connectivity index (χ1n) is 7.72. The van der Waals surface area contributed by atoms with Gasteiger partial charge in [0.2, 0.25) is 0 Å². The maximum atomic E-state index is 12.5. The minimum absolute atomic E-state index is 0.242. The number of hydrogen-bond donors (Lipinski definition) is 0. The van der Waals surface area contributed by atoms with Crippen molar-refractivity contribution in [1.29, 1.82) is 0 Å². The molecule has 2 aliphatic heterocycles. The summed E-state index contributed by atoms with van der Waals surface area (Å²) in [4.78, 5) is 13.9. The van der Waals surface area contributed by atoms with Crippen LogP contribution in [0.5, 0.6) is 0 Å². The van der Waals surface area contributed by atoms with Crippen LogP contribution in [0.25, 0.3) is 0 Å². The summed E-state index contributed by atoms with van der Waals surface area (Å²) in [6, 6.07) is 3.11. The van der Waals surface area contributed by atoms with E-state index in [0.29, 0.717) is 36.5 Å². The lowest BCUT2D eigenvalue weighted by molar-refractivity contribution is -0.605. The lowest BCUT2D eigenvalue weighted by atomic mass is 10.2. The summed E-state index contributed by atoms with van der Waals surface area (Å²) in [6.45, 7) is 2.40. The van der Waals surface area contributed by atoms with Crippen LogP contribution >= 0.6 is 0 Å². The van der Waals surface area contributed by atoms with Gasteiger partial charge in [0.1, 0.15) is 5.56 Å². The number of piperazine rings is 1. The lowest BCUT2D eigenvalue weighted by Crippen LogP contribution is -2.53. The molecule has 1 amide bonds. The smallest absolute Gasteiger partial charge is 0.282 e. The summed E-state index contributed by atoms with van der Waals surface area (Å²) in [7, 11) is -3.41. The molecule has 2 saturated heterocycles. The highest BCUT2D eigenvalue weighted by molar-refractivity contribution is 7.86. The third kappa shape index (κ3) is 3.31. The molecule has 0 aromatic carbocycles. The largest absolute Gasteiger partial charge is 0.619 e. The summed E-state index contributed by atoms with van der Waals surface area (Å²) in [5.41, 5.74) is 0.318. The molecule has 0 radical (unpaired) electrons. The Labute approximate surface area is 135 Å². The van der Waals surface area contributed by atoms with Crippen LogP contribution in [-0.2, 0) is 10.2 Å². The number of rotatable bonds is 3. The third-order valence-corrected chi connectivity index (χ3v) is 6.30. The van der Waals surface area contributed by atoms with Crippen molar-refractivity contribution in [3.05, 3.63) is 35.3 Å². The van der Waals surface area contributed by atoms with Crippen LogP contribution in [0.4, 0.5) is 0 Å². The average Bonchev–Trinajstić information content (AvgIpc) is 3.09. The van der Waals surface area contributed by atoms with E-state index in [1.54, 1.807) is 11.0 Å². The Morgan fingerprint density at radius 1 is 1.04 bits per heavy atom. The van der Waals surface area contributed by atoms with Crippen LogP contribution < -0.4 is 4.73 Å². The van der Waals surface area contributed by atoms with Gasteiger partial charge in [-0.15, -0.1) is 0 Å². The van der Waals surface area contributed by atoms with E-state index in [1.807, 2.05) is 0 Å². The van der Waals surface area contributed by atoms with E-state index < -0.39 is 10.2 Å². The molecule has 0 atom stereocenters. The number of amides is 1. The first-order chi connectivity index (χ1) is 11.0. The number of carbonyl (C=O) groups excluding carboxylic acids is 1. The van der Waals surface area contributed by atoms with E-state index >= 15 is 0 Å². The van der Waals surface area contributed by atoms with E-state index in [4.69, 9.17) is 0 Å². The van der Waals surface area contributed by atoms with Crippen molar-refractivity contribution in [2.24, 2.45) is 0 Å². The average molecular weight is 340 g/mol. The maximum absolute atomic E-state index is 12.5. The van der Waals surface area contributed by atoms with Crippen molar-refractivity contribution in [2.45, 2.75) is 12.8 Å². The van der Waals surface area contributed by atoms with Gasteiger partial charge in [-0.05, 0) is 18.9 Å². The maximum Gasteiger partial charge on any atom is 0.282 e. The van der Waals surface area contributed by atoms with Crippen LogP contribution in [0.3, 0.4) is 0 Å². The van der Waals surface area contributed by atoms with Crippen LogP contribution in [0.1, 0.15) is 23.2 Å². The molecule has 0 saturated carbocycles. The van der Waals surface area contributed by atoms with E-state index in [-0.39, 0.29) is 19.0 Å². The van der Waals surface area contributed by atoms with Crippen molar-refractivity contribution in [3.8, 4) is 0 Å². The van der Waals surface area contributed by atoms with Crippen LogP contribution in [-0.4, -0.2) is 67.1 Å². The lowest BCUT2D eigenvalue weighted by Gasteiger charge is -2.35. The second-order valence-electron chi connectivity index (χ2n) is 5.76. The molecule has 1 aromatic rings. The predicted molar refractivity (Wildman–Crippen MR) is 82.6 cm³/mol. The predicted octanol–water partition coefficient (Wildman–Crippen LogP) is -0.582. The number of aromatic nitrogens is 1. The molecule has 1 aromatic heterocycles. The number of carbonyl (C=O) groups is 1. The van der Waals surface area contributed by atoms with Crippen molar-refractivity contribution in [2.75, 3.05) is 39.3 Å². The van der Waals surface area contributed by atoms with Crippen molar-refractivity contribution < 1.29 is 17.9 Å². The van der Waals surface area contributed by atoms with Crippen LogP contribution in [0.2, 0.25) is 0 Å². The van der Waals surface area contributed by atoms with Gasteiger partial charge >= 0.3 is 0 Å². The van der Waals surface area contributed by atoms with E-state index in [9.17, 15) is 18.4 Å². The van der Waals surface area contributed by atoms with Crippen molar-refractivity contribution in [3.63, 3.8) is 0 Å². The molecule has 0 aliphatic carbocycles. The fraction of sp³-hybridized carbons (Fsp3) is 0.571. The highest BCUT2D eigenvalue weighted by Gasteiger charge is 2.34. The normalized spacial score (nSPS) is 20.8. The van der Waals surface area contributed by atoms with Crippen LogP contribution in [0, 0.1) is 5.21 Å². The third-order valence-electron chi connectivity index (χ3n) is 4.27. The van der Waals surface area contributed by atoms with Gasteiger partial charge in [-0.2, -0.15) is 21.8 Å². The van der Waals surface area contributed by atoms with Gasteiger partial charge in [-0.25, -0.2) is 0 Å². The van der Waals surface area contributed by atoms with Gasteiger partial charge in [0, 0.05) is 45.3 Å². The minimum atomic E-state index is -3.41. The zero-order valence-corrected chi connectivity index (χ0v) is 13.6. The van der Waals surface area contributed by atoms with Crippen molar-refractivity contribution >= 4 is 16.1 Å².